The lowest BCUT2D eigenvalue weighted by atomic mass is 10.1. The van der Waals surface area contributed by atoms with Gasteiger partial charge in [-0.05, 0) is 24.3 Å². The summed E-state index contributed by atoms with van der Waals surface area (Å²) in [7, 11) is 0. The molecule has 21 heavy (non-hydrogen) atoms. The summed E-state index contributed by atoms with van der Waals surface area (Å²) in [6.07, 6.45) is 1.25. The molecule has 2 aromatic carbocycles. The van der Waals surface area contributed by atoms with E-state index in [2.05, 4.69) is 9.98 Å². The second-order valence-electron chi connectivity index (χ2n) is 4.51. The molecule has 5 nitrogen and oxygen atoms in total. The molecule has 104 valence electrons. The van der Waals surface area contributed by atoms with Gasteiger partial charge in [-0.1, -0.05) is 24.3 Å². The SMILES string of the molecule is O=c1[nH]c2ccccc2c(O)c1C=Nc1ccccc1O. The summed E-state index contributed by atoms with van der Waals surface area (Å²) >= 11 is 0. The van der Waals surface area contributed by atoms with Crippen molar-refractivity contribution >= 4 is 22.8 Å². The van der Waals surface area contributed by atoms with Gasteiger partial charge in [0.1, 0.15) is 22.7 Å². The zero-order chi connectivity index (χ0) is 14.8. The van der Waals surface area contributed by atoms with Gasteiger partial charge in [-0.3, -0.25) is 9.79 Å². The molecule has 1 heterocycles. The Morgan fingerprint density at radius 3 is 2.52 bits per heavy atom. The highest BCUT2D eigenvalue weighted by Gasteiger charge is 2.09. The first kappa shape index (κ1) is 12.9. The molecule has 0 unspecified atom stereocenters. The van der Waals surface area contributed by atoms with Crippen LogP contribution >= 0.6 is 0 Å². The standard InChI is InChI=1S/C16H12N2O3/c19-14-8-4-3-7-13(14)17-9-11-15(20)10-5-1-2-6-12(10)18-16(11)21/h1-9,19H,(H2,18,20,21). The third kappa shape index (κ3) is 2.36. The minimum absolute atomic E-state index is 0.00505. The van der Waals surface area contributed by atoms with E-state index in [0.717, 1.165) is 0 Å². The largest absolute Gasteiger partial charge is 0.506 e. The van der Waals surface area contributed by atoms with Crippen LogP contribution in [-0.2, 0) is 0 Å². The Kier molecular flexibility index (Phi) is 3.16. The lowest BCUT2D eigenvalue weighted by molar-refractivity contribution is 0.476. The number of aromatic amines is 1. The van der Waals surface area contributed by atoms with Crippen LogP contribution in [0.25, 0.3) is 10.9 Å². The molecule has 3 N–H and O–H groups in total. The summed E-state index contributed by atoms with van der Waals surface area (Å²) in [6.45, 7) is 0. The Bertz CT molecular complexity index is 897. The average molecular weight is 280 g/mol. The van der Waals surface area contributed by atoms with Crippen LogP contribution in [0.3, 0.4) is 0 Å². The van der Waals surface area contributed by atoms with Crippen molar-refractivity contribution < 1.29 is 10.2 Å². The van der Waals surface area contributed by atoms with E-state index in [0.29, 0.717) is 16.6 Å². The third-order valence-electron chi connectivity index (χ3n) is 3.14. The number of para-hydroxylation sites is 3. The molecule has 0 bridgehead atoms. The summed E-state index contributed by atoms with van der Waals surface area (Å²) in [6, 6.07) is 13.5. The molecule has 0 radical (unpaired) electrons. The number of aromatic hydroxyl groups is 2. The van der Waals surface area contributed by atoms with Crippen LogP contribution in [0.1, 0.15) is 5.56 Å². The number of hydrogen-bond acceptors (Lipinski definition) is 4. The van der Waals surface area contributed by atoms with Gasteiger partial charge in [0.2, 0.25) is 0 Å². The lowest BCUT2D eigenvalue weighted by Crippen LogP contribution is -2.12. The van der Waals surface area contributed by atoms with E-state index in [1.807, 2.05) is 0 Å². The Morgan fingerprint density at radius 1 is 1.00 bits per heavy atom. The molecule has 3 rings (SSSR count). The number of pyridine rings is 1. The molecule has 0 aliphatic rings. The van der Waals surface area contributed by atoms with Gasteiger partial charge in [0.25, 0.3) is 5.56 Å². The zero-order valence-corrected chi connectivity index (χ0v) is 10.9. The Labute approximate surface area is 119 Å². The quantitative estimate of drug-likeness (QED) is 0.631. The topological polar surface area (TPSA) is 85.7 Å². The number of phenolic OH excluding ortho intramolecular Hbond substituents is 1. The Morgan fingerprint density at radius 2 is 1.71 bits per heavy atom. The van der Waals surface area contributed by atoms with Crippen molar-refractivity contribution in [3.8, 4) is 11.5 Å². The number of aromatic nitrogens is 1. The maximum absolute atomic E-state index is 12.0. The number of phenols is 1. The fourth-order valence-electron chi connectivity index (χ4n) is 2.07. The molecule has 0 saturated heterocycles. The first-order valence-corrected chi connectivity index (χ1v) is 6.33. The highest BCUT2D eigenvalue weighted by Crippen LogP contribution is 2.26. The van der Waals surface area contributed by atoms with E-state index < -0.39 is 5.56 Å². The minimum Gasteiger partial charge on any atom is -0.506 e. The van der Waals surface area contributed by atoms with E-state index in [9.17, 15) is 15.0 Å². The molecule has 0 spiro atoms. The lowest BCUT2D eigenvalue weighted by Gasteiger charge is -2.03. The fraction of sp³-hybridized carbons (Fsp3) is 0. The molecular formula is C16H12N2O3. The predicted molar refractivity (Wildman–Crippen MR) is 81.6 cm³/mol. The smallest absolute Gasteiger partial charge is 0.261 e. The van der Waals surface area contributed by atoms with Crippen molar-refractivity contribution in [1.82, 2.24) is 4.98 Å². The molecule has 0 aliphatic carbocycles. The number of nitrogens with zero attached hydrogens (tertiary/aromatic N) is 1. The number of rotatable bonds is 2. The first-order valence-electron chi connectivity index (χ1n) is 6.33. The number of fused-ring (bicyclic) bond motifs is 1. The fourth-order valence-corrected chi connectivity index (χ4v) is 2.07. The van der Waals surface area contributed by atoms with Gasteiger partial charge in [0, 0.05) is 11.6 Å². The van der Waals surface area contributed by atoms with Crippen LogP contribution in [0.2, 0.25) is 0 Å². The number of benzene rings is 2. The van der Waals surface area contributed by atoms with E-state index >= 15 is 0 Å². The van der Waals surface area contributed by atoms with Gasteiger partial charge in [-0.25, -0.2) is 0 Å². The maximum Gasteiger partial charge on any atom is 0.261 e. The van der Waals surface area contributed by atoms with Crippen molar-refractivity contribution in [2.24, 2.45) is 4.99 Å². The van der Waals surface area contributed by atoms with E-state index in [1.54, 1.807) is 42.5 Å². The molecule has 0 aliphatic heterocycles. The summed E-state index contributed by atoms with van der Waals surface area (Å²) in [5, 5.41) is 20.4. The number of nitrogens with one attached hydrogen (secondary N) is 1. The first-order chi connectivity index (χ1) is 10.2. The Balaban J connectivity index is 2.13. The summed E-state index contributed by atoms with van der Waals surface area (Å²) in [5.74, 6) is -0.126. The number of H-pyrrole nitrogens is 1. The average Bonchev–Trinajstić information content (AvgIpc) is 2.49. The molecule has 5 heteroatoms. The van der Waals surface area contributed by atoms with Crippen LogP contribution in [0, 0.1) is 0 Å². The van der Waals surface area contributed by atoms with Gasteiger partial charge >= 0.3 is 0 Å². The predicted octanol–water partition coefficient (Wildman–Crippen LogP) is 2.69. The van der Waals surface area contributed by atoms with E-state index in [4.69, 9.17) is 0 Å². The van der Waals surface area contributed by atoms with Crippen molar-refractivity contribution in [3.63, 3.8) is 0 Å². The molecule has 3 aromatic rings. The van der Waals surface area contributed by atoms with Crippen molar-refractivity contribution in [2.45, 2.75) is 0 Å². The summed E-state index contributed by atoms with van der Waals surface area (Å²) < 4.78 is 0. The van der Waals surface area contributed by atoms with Crippen LogP contribution in [0.5, 0.6) is 11.5 Å². The van der Waals surface area contributed by atoms with Gasteiger partial charge in [-0.2, -0.15) is 0 Å². The second-order valence-corrected chi connectivity index (χ2v) is 4.51. The number of aliphatic imine (C=N–C) groups is 1. The molecule has 1 aromatic heterocycles. The molecule has 0 amide bonds. The third-order valence-corrected chi connectivity index (χ3v) is 3.14. The highest BCUT2D eigenvalue weighted by molar-refractivity contribution is 5.95. The van der Waals surface area contributed by atoms with Crippen molar-refractivity contribution in [2.75, 3.05) is 0 Å². The van der Waals surface area contributed by atoms with Crippen LogP contribution in [0.15, 0.2) is 58.3 Å². The molecule has 0 fully saturated rings. The maximum atomic E-state index is 12.0. The van der Waals surface area contributed by atoms with Crippen LogP contribution in [0.4, 0.5) is 5.69 Å². The van der Waals surface area contributed by atoms with Gasteiger partial charge in [-0.15, -0.1) is 0 Å². The van der Waals surface area contributed by atoms with E-state index in [-0.39, 0.29) is 17.1 Å². The van der Waals surface area contributed by atoms with Gasteiger partial charge < -0.3 is 15.2 Å². The van der Waals surface area contributed by atoms with Crippen molar-refractivity contribution in [1.29, 1.82) is 0 Å². The second kappa shape index (κ2) is 5.13. The number of hydrogen-bond donors (Lipinski definition) is 3. The van der Waals surface area contributed by atoms with Gasteiger partial charge in [0.15, 0.2) is 0 Å². The van der Waals surface area contributed by atoms with Crippen LogP contribution in [-0.4, -0.2) is 21.4 Å². The molecule has 0 atom stereocenters. The van der Waals surface area contributed by atoms with Gasteiger partial charge in [0.05, 0.1) is 5.52 Å². The summed E-state index contributed by atoms with van der Waals surface area (Å²) in [5.41, 5.74) is 0.492. The minimum atomic E-state index is -0.439. The van der Waals surface area contributed by atoms with E-state index in [1.165, 1.54) is 12.3 Å². The van der Waals surface area contributed by atoms with Crippen LogP contribution < -0.4 is 5.56 Å². The van der Waals surface area contributed by atoms with Crippen molar-refractivity contribution in [3.05, 3.63) is 64.4 Å². The molecular weight excluding hydrogens is 268 g/mol. The zero-order valence-electron chi connectivity index (χ0n) is 10.9. The molecule has 0 saturated carbocycles. The normalized spacial score (nSPS) is 11.2. The summed E-state index contributed by atoms with van der Waals surface area (Å²) in [4.78, 5) is 18.7. The Hall–Kier alpha value is -3.08. The monoisotopic (exact) mass is 280 g/mol. The highest BCUT2D eigenvalue weighted by atomic mass is 16.3.